The molecule has 0 heterocycles. The maximum absolute atomic E-state index is 11.9. The first-order valence-corrected chi connectivity index (χ1v) is 9.40. The number of hydrogen-bond acceptors (Lipinski definition) is 2. The summed E-state index contributed by atoms with van der Waals surface area (Å²) in [6, 6.07) is 18.4. The van der Waals surface area contributed by atoms with E-state index in [1.54, 1.807) is 6.08 Å². The highest BCUT2D eigenvalue weighted by molar-refractivity contribution is 6.00. The fourth-order valence-corrected chi connectivity index (χ4v) is 3.41. The quantitative estimate of drug-likeness (QED) is 0.446. The number of nitrogens with one attached hydrogen (secondary N) is 1. The highest BCUT2D eigenvalue weighted by atomic mass is 16.2. The topological polar surface area (TPSA) is 41.5 Å². The van der Waals surface area contributed by atoms with Crippen LogP contribution in [0, 0.1) is 0 Å². The molecule has 134 valence electrons. The van der Waals surface area contributed by atoms with Gasteiger partial charge in [-0.1, -0.05) is 73.9 Å². The molecule has 0 spiro atoms. The summed E-state index contributed by atoms with van der Waals surface area (Å²) in [6.45, 7) is 1.91. The molecule has 0 atom stereocenters. The van der Waals surface area contributed by atoms with Crippen LogP contribution in [0.4, 0.5) is 0 Å². The van der Waals surface area contributed by atoms with E-state index >= 15 is 0 Å². The first kappa shape index (κ1) is 18.1. The van der Waals surface area contributed by atoms with Crippen molar-refractivity contribution in [3.05, 3.63) is 77.4 Å². The van der Waals surface area contributed by atoms with Gasteiger partial charge in [-0.3, -0.25) is 4.79 Å². The number of amides is 1. The largest absolute Gasteiger partial charge is 0.268 e. The third kappa shape index (κ3) is 5.16. The number of carbonyl (C=O) groups is 1. The number of rotatable bonds is 5. The molecule has 3 rings (SSSR count). The van der Waals surface area contributed by atoms with E-state index in [-0.39, 0.29) is 5.91 Å². The van der Waals surface area contributed by atoms with Crippen molar-refractivity contribution in [3.63, 3.8) is 0 Å². The number of nitrogens with zero attached hydrogens (tertiary/aromatic N) is 1. The van der Waals surface area contributed by atoms with E-state index in [1.807, 2.05) is 37.3 Å². The molecule has 1 amide bonds. The molecule has 0 radical (unpaired) electrons. The van der Waals surface area contributed by atoms with Gasteiger partial charge >= 0.3 is 0 Å². The average molecular weight is 346 g/mol. The van der Waals surface area contributed by atoms with Crippen LogP contribution in [0.3, 0.4) is 0 Å². The molecule has 1 aliphatic rings. The van der Waals surface area contributed by atoms with Crippen LogP contribution in [0.1, 0.15) is 61.6 Å². The SMILES string of the molecule is C/C(=N\NC(=O)/C=C/c1ccccc1)c1ccc(C2CCCCC2)cc1. The summed E-state index contributed by atoms with van der Waals surface area (Å²) >= 11 is 0. The van der Waals surface area contributed by atoms with Gasteiger partial charge in [-0.05, 0) is 48.4 Å². The molecule has 0 aromatic heterocycles. The van der Waals surface area contributed by atoms with Gasteiger partial charge in [-0.2, -0.15) is 5.10 Å². The lowest BCUT2D eigenvalue weighted by molar-refractivity contribution is -0.116. The Hall–Kier alpha value is -2.68. The van der Waals surface area contributed by atoms with E-state index in [9.17, 15) is 4.79 Å². The number of hydrogen-bond donors (Lipinski definition) is 1. The summed E-state index contributed by atoms with van der Waals surface area (Å²) in [5, 5.41) is 4.21. The average Bonchev–Trinajstić information content (AvgIpc) is 2.72. The molecule has 3 nitrogen and oxygen atoms in total. The van der Waals surface area contributed by atoms with Crippen LogP contribution < -0.4 is 5.43 Å². The predicted molar refractivity (Wildman–Crippen MR) is 108 cm³/mol. The molecule has 0 unspecified atom stereocenters. The lowest BCUT2D eigenvalue weighted by Gasteiger charge is -2.22. The number of carbonyl (C=O) groups excluding carboxylic acids is 1. The van der Waals surface area contributed by atoms with Crippen LogP contribution >= 0.6 is 0 Å². The second-order valence-electron chi connectivity index (χ2n) is 6.87. The van der Waals surface area contributed by atoms with E-state index < -0.39 is 0 Å². The Bertz CT molecular complexity index is 770. The molecule has 1 aliphatic carbocycles. The van der Waals surface area contributed by atoms with Crippen LogP contribution in [0.2, 0.25) is 0 Å². The van der Waals surface area contributed by atoms with Crippen molar-refractivity contribution in [1.29, 1.82) is 0 Å². The minimum atomic E-state index is -0.230. The van der Waals surface area contributed by atoms with Gasteiger partial charge in [0.2, 0.25) is 0 Å². The first-order chi connectivity index (χ1) is 12.7. The second kappa shape index (κ2) is 9.14. The lowest BCUT2D eigenvalue weighted by Crippen LogP contribution is -2.16. The van der Waals surface area contributed by atoms with Crippen molar-refractivity contribution in [2.24, 2.45) is 5.10 Å². The van der Waals surface area contributed by atoms with Crippen molar-refractivity contribution < 1.29 is 4.79 Å². The van der Waals surface area contributed by atoms with Gasteiger partial charge in [-0.15, -0.1) is 0 Å². The molecule has 0 bridgehead atoms. The van der Waals surface area contributed by atoms with Gasteiger partial charge in [0, 0.05) is 6.08 Å². The zero-order valence-electron chi connectivity index (χ0n) is 15.3. The predicted octanol–water partition coefficient (Wildman–Crippen LogP) is 5.29. The minimum absolute atomic E-state index is 0.230. The normalized spacial score (nSPS) is 16.0. The minimum Gasteiger partial charge on any atom is -0.268 e. The maximum Gasteiger partial charge on any atom is 0.264 e. The molecule has 3 heteroatoms. The molecular formula is C23H26N2O. The zero-order chi connectivity index (χ0) is 18.2. The first-order valence-electron chi connectivity index (χ1n) is 9.40. The van der Waals surface area contributed by atoms with Crippen LogP contribution in [-0.4, -0.2) is 11.6 Å². The Labute approximate surface area is 155 Å². The van der Waals surface area contributed by atoms with Crippen molar-refractivity contribution >= 4 is 17.7 Å². The molecular weight excluding hydrogens is 320 g/mol. The standard InChI is InChI=1S/C23H26N2O/c1-18(24-25-23(26)17-12-19-8-4-2-5-9-19)20-13-15-22(16-14-20)21-10-6-3-7-11-21/h2,4-5,8-9,12-17,21H,3,6-7,10-11H2,1H3,(H,25,26)/b17-12+,24-18+. The maximum atomic E-state index is 11.9. The zero-order valence-corrected chi connectivity index (χ0v) is 15.3. The van der Waals surface area contributed by atoms with Crippen molar-refractivity contribution in [2.75, 3.05) is 0 Å². The fourth-order valence-electron chi connectivity index (χ4n) is 3.41. The fraction of sp³-hybridized carbons (Fsp3) is 0.304. The molecule has 2 aromatic carbocycles. The monoisotopic (exact) mass is 346 g/mol. The highest BCUT2D eigenvalue weighted by Crippen LogP contribution is 2.32. The molecule has 0 saturated heterocycles. The van der Waals surface area contributed by atoms with Gasteiger partial charge in [0.1, 0.15) is 0 Å². The Kier molecular flexibility index (Phi) is 6.37. The van der Waals surface area contributed by atoms with Gasteiger partial charge in [0.05, 0.1) is 5.71 Å². The Balaban J connectivity index is 1.57. The van der Waals surface area contributed by atoms with Crippen molar-refractivity contribution in [2.45, 2.75) is 44.9 Å². The van der Waals surface area contributed by atoms with Crippen LogP contribution in [0.5, 0.6) is 0 Å². The second-order valence-corrected chi connectivity index (χ2v) is 6.87. The van der Waals surface area contributed by atoms with Crippen molar-refractivity contribution in [1.82, 2.24) is 5.43 Å². The van der Waals surface area contributed by atoms with E-state index in [1.165, 1.54) is 43.7 Å². The van der Waals surface area contributed by atoms with E-state index in [0.717, 1.165) is 16.8 Å². The summed E-state index contributed by atoms with van der Waals surface area (Å²) in [7, 11) is 0. The van der Waals surface area contributed by atoms with Crippen molar-refractivity contribution in [3.8, 4) is 0 Å². The summed E-state index contributed by atoms with van der Waals surface area (Å²) in [5.74, 6) is 0.477. The van der Waals surface area contributed by atoms with Crippen LogP contribution in [0.25, 0.3) is 6.08 Å². The molecule has 1 fully saturated rings. The smallest absolute Gasteiger partial charge is 0.264 e. The van der Waals surface area contributed by atoms with Gasteiger partial charge in [-0.25, -0.2) is 5.43 Å². The van der Waals surface area contributed by atoms with Gasteiger partial charge < -0.3 is 0 Å². The number of benzene rings is 2. The molecule has 1 saturated carbocycles. The van der Waals surface area contributed by atoms with Crippen LogP contribution in [0.15, 0.2) is 65.8 Å². The summed E-state index contributed by atoms with van der Waals surface area (Å²) in [6.07, 6.45) is 9.94. The summed E-state index contributed by atoms with van der Waals surface area (Å²) in [5.41, 5.74) is 6.85. The third-order valence-corrected chi connectivity index (χ3v) is 4.97. The van der Waals surface area contributed by atoms with E-state index in [0.29, 0.717) is 5.92 Å². The number of hydrazone groups is 1. The van der Waals surface area contributed by atoms with E-state index in [2.05, 4.69) is 34.8 Å². The van der Waals surface area contributed by atoms with Gasteiger partial charge in [0.15, 0.2) is 0 Å². The Morgan fingerprint density at radius 3 is 2.38 bits per heavy atom. The Morgan fingerprint density at radius 1 is 1.00 bits per heavy atom. The third-order valence-electron chi connectivity index (χ3n) is 4.97. The lowest BCUT2D eigenvalue weighted by atomic mass is 9.84. The summed E-state index contributed by atoms with van der Waals surface area (Å²) < 4.78 is 0. The highest BCUT2D eigenvalue weighted by Gasteiger charge is 2.15. The molecule has 1 N–H and O–H groups in total. The van der Waals surface area contributed by atoms with Gasteiger partial charge in [0.25, 0.3) is 5.91 Å². The Morgan fingerprint density at radius 2 is 1.69 bits per heavy atom. The van der Waals surface area contributed by atoms with E-state index in [4.69, 9.17) is 0 Å². The molecule has 2 aromatic rings. The molecule has 0 aliphatic heterocycles. The van der Waals surface area contributed by atoms with Crippen LogP contribution in [-0.2, 0) is 4.79 Å². The molecule has 26 heavy (non-hydrogen) atoms. The summed E-state index contributed by atoms with van der Waals surface area (Å²) in [4.78, 5) is 11.9.